The van der Waals surface area contributed by atoms with E-state index in [4.69, 9.17) is 4.74 Å². The lowest BCUT2D eigenvalue weighted by Gasteiger charge is -2.29. The highest BCUT2D eigenvalue weighted by Gasteiger charge is 2.22. The van der Waals surface area contributed by atoms with Gasteiger partial charge in [-0.3, -0.25) is 4.79 Å². The van der Waals surface area contributed by atoms with Crippen molar-refractivity contribution in [2.45, 2.75) is 65.2 Å². The Hall–Kier alpha value is -2.09. The van der Waals surface area contributed by atoms with Gasteiger partial charge in [0.1, 0.15) is 5.75 Å². The van der Waals surface area contributed by atoms with Crippen molar-refractivity contribution in [3.8, 4) is 16.9 Å². The summed E-state index contributed by atoms with van der Waals surface area (Å²) in [6.07, 6.45) is 8.22. The second kappa shape index (κ2) is 9.21. The Kier molecular flexibility index (Phi) is 6.71. The number of carbonyl (C=O) groups excluding carboxylic acids is 1. The van der Waals surface area contributed by atoms with Gasteiger partial charge in [-0.1, -0.05) is 63.1 Å². The van der Waals surface area contributed by atoms with Crippen molar-refractivity contribution in [3.05, 3.63) is 54.1 Å². The van der Waals surface area contributed by atoms with Crippen molar-refractivity contribution in [1.82, 2.24) is 0 Å². The lowest BCUT2D eigenvalue weighted by atomic mass is 9.76. The van der Waals surface area contributed by atoms with Gasteiger partial charge in [-0.05, 0) is 72.3 Å². The highest BCUT2D eigenvalue weighted by molar-refractivity contribution is 5.70. The van der Waals surface area contributed by atoms with Gasteiger partial charge < -0.3 is 4.74 Å². The van der Waals surface area contributed by atoms with Crippen molar-refractivity contribution in [3.63, 3.8) is 0 Å². The van der Waals surface area contributed by atoms with E-state index in [0.717, 1.165) is 23.3 Å². The van der Waals surface area contributed by atoms with Crippen LogP contribution in [-0.4, -0.2) is 5.97 Å². The Morgan fingerprint density at radius 3 is 2.00 bits per heavy atom. The van der Waals surface area contributed by atoms with Crippen molar-refractivity contribution >= 4 is 5.97 Å². The molecule has 2 nitrogen and oxygen atoms in total. The first-order valence-corrected chi connectivity index (χ1v) is 10.4. The summed E-state index contributed by atoms with van der Waals surface area (Å²) in [6.45, 7) is 6.08. The molecule has 2 heteroatoms. The highest BCUT2D eigenvalue weighted by atomic mass is 16.5. The monoisotopic (exact) mass is 364 g/mol. The molecule has 144 valence electrons. The zero-order valence-corrected chi connectivity index (χ0v) is 16.9. The quantitative estimate of drug-likeness (QED) is 0.408. The first kappa shape index (κ1) is 19.7. The molecular weight excluding hydrogens is 332 g/mol. The lowest BCUT2D eigenvalue weighted by Crippen LogP contribution is -2.14. The standard InChI is InChI=1S/C25H32O2/c1-18(2)4-5-20-6-8-21(9-7-20)22-10-12-23(13-11-22)24-14-16-25(17-15-24)27-19(3)26/h10-18,20-21H,4-9H2,1-3H3. The predicted molar refractivity (Wildman–Crippen MR) is 112 cm³/mol. The van der Waals surface area contributed by atoms with Crippen molar-refractivity contribution in [2.75, 3.05) is 0 Å². The number of carbonyl (C=O) groups is 1. The molecule has 27 heavy (non-hydrogen) atoms. The Morgan fingerprint density at radius 1 is 0.926 bits per heavy atom. The predicted octanol–water partition coefficient (Wildman–Crippen LogP) is 6.99. The van der Waals surface area contributed by atoms with E-state index in [0.29, 0.717) is 5.75 Å². The summed E-state index contributed by atoms with van der Waals surface area (Å²) in [5.41, 5.74) is 3.84. The Labute approximate surface area is 164 Å². The van der Waals surface area contributed by atoms with Gasteiger partial charge in [-0.2, -0.15) is 0 Å². The number of hydrogen-bond donors (Lipinski definition) is 0. The molecule has 2 aromatic rings. The van der Waals surface area contributed by atoms with Gasteiger partial charge in [0.05, 0.1) is 0 Å². The lowest BCUT2D eigenvalue weighted by molar-refractivity contribution is -0.131. The van der Waals surface area contributed by atoms with Gasteiger partial charge in [-0.25, -0.2) is 0 Å². The van der Waals surface area contributed by atoms with Crippen LogP contribution in [0.15, 0.2) is 48.5 Å². The summed E-state index contributed by atoms with van der Waals surface area (Å²) < 4.78 is 5.10. The molecule has 1 aliphatic rings. The average molecular weight is 365 g/mol. The Balaban J connectivity index is 1.57. The second-order valence-corrected chi connectivity index (χ2v) is 8.43. The zero-order chi connectivity index (χ0) is 19.2. The minimum absolute atomic E-state index is 0.286. The first-order chi connectivity index (χ1) is 13.0. The highest BCUT2D eigenvalue weighted by Crippen LogP contribution is 2.38. The van der Waals surface area contributed by atoms with E-state index >= 15 is 0 Å². The van der Waals surface area contributed by atoms with Crippen LogP contribution in [0, 0.1) is 11.8 Å². The van der Waals surface area contributed by atoms with Crippen LogP contribution in [0.4, 0.5) is 0 Å². The molecule has 0 atom stereocenters. The van der Waals surface area contributed by atoms with Gasteiger partial charge >= 0.3 is 5.97 Å². The molecule has 1 aliphatic carbocycles. The molecule has 0 aliphatic heterocycles. The summed E-state index contributed by atoms with van der Waals surface area (Å²) in [5.74, 6) is 2.81. The maximum Gasteiger partial charge on any atom is 0.308 e. The molecule has 0 N–H and O–H groups in total. The second-order valence-electron chi connectivity index (χ2n) is 8.43. The smallest absolute Gasteiger partial charge is 0.308 e. The molecule has 1 saturated carbocycles. The fraction of sp³-hybridized carbons (Fsp3) is 0.480. The van der Waals surface area contributed by atoms with Crippen LogP contribution in [0.3, 0.4) is 0 Å². The number of rotatable bonds is 6. The topological polar surface area (TPSA) is 26.3 Å². The van der Waals surface area contributed by atoms with Gasteiger partial charge in [0.15, 0.2) is 0 Å². The molecule has 0 saturated heterocycles. The summed E-state index contributed by atoms with van der Waals surface area (Å²) in [6, 6.07) is 16.8. The average Bonchev–Trinajstić information content (AvgIpc) is 2.67. The summed E-state index contributed by atoms with van der Waals surface area (Å²) in [7, 11) is 0. The van der Waals surface area contributed by atoms with Crippen molar-refractivity contribution < 1.29 is 9.53 Å². The fourth-order valence-corrected chi connectivity index (χ4v) is 4.18. The van der Waals surface area contributed by atoms with Crippen molar-refractivity contribution in [1.29, 1.82) is 0 Å². The van der Waals surface area contributed by atoms with Gasteiger partial charge in [0.25, 0.3) is 0 Å². The largest absolute Gasteiger partial charge is 0.427 e. The van der Waals surface area contributed by atoms with Crippen LogP contribution in [0.25, 0.3) is 11.1 Å². The molecule has 1 fully saturated rings. The van der Waals surface area contributed by atoms with E-state index in [1.54, 1.807) is 0 Å². The number of ether oxygens (including phenoxy) is 1. The normalized spacial score (nSPS) is 19.9. The molecule has 0 aromatic heterocycles. The molecule has 3 rings (SSSR count). The van der Waals surface area contributed by atoms with Gasteiger partial charge in [0.2, 0.25) is 0 Å². The van der Waals surface area contributed by atoms with E-state index in [9.17, 15) is 4.79 Å². The SMILES string of the molecule is CC(=O)Oc1ccc(-c2ccc(C3CCC(CCC(C)C)CC3)cc2)cc1. The molecule has 0 spiro atoms. The van der Waals surface area contributed by atoms with Crippen LogP contribution >= 0.6 is 0 Å². The van der Waals surface area contributed by atoms with Gasteiger partial charge in [0, 0.05) is 6.92 Å². The maximum absolute atomic E-state index is 11.0. The Morgan fingerprint density at radius 2 is 1.48 bits per heavy atom. The third kappa shape index (κ3) is 5.69. The van der Waals surface area contributed by atoms with Crippen LogP contribution in [0.2, 0.25) is 0 Å². The molecular formula is C25H32O2. The Bertz CT molecular complexity index is 720. The fourth-order valence-electron chi connectivity index (χ4n) is 4.18. The minimum atomic E-state index is -0.286. The molecule has 0 heterocycles. The van der Waals surface area contributed by atoms with E-state index in [2.05, 4.69) is 38.1 Å². The van der Waals surface area contributed by atoms with E-state index in [-0.39, 0.29) is 5.97 Å². The maximum atomic E-state index is 11.0. The number of benzene rings is 2. The first-order valence-electron chi connectivity index (χ1n) is 10.4. The summed E-state index contributed by atoms with van der Waals surface area (Å²) >= 11 is 0. The molecule has 2 aromatic carbocycles. The van der Waals surface area contributed by atoms with Crippen LogP contribution < -0.4 is 4.74 Å². The third-order valence-corrected chi connectivity index (χ3v) is 5.83. The third-order valence-electron chi connectivity index (χ3n) is 5.83. The van der Waals surface area contributed by atoms with Gasteiger partial charge in [-0.15, -0.1) is 0 Å². The summed E-state index contributed by atoms with van der Waals surface area (Å²) in [5, 5.41) is 0. The number of esters is 1. The summed E-state index contributed by atoms with van der Waals surface area (Å²) in [4.78, 5) is 11.0. The minimum Gasteiger partial charge on any atom is -0.427 e. The molecule has 0 amide bonds. The molecule has 0 radical (unpaired) electrons. The van der Waals surface area contributed by atoms with Crippen LogP contribution in [0.5, 0.6) is 5.75 Å². The van der Waals surface area contributed by atoms with Crippen LogP contribution in [-0.2, 0) is 4.79 Å². The van der Waals surface area contributed by atoms with E-state index in [1.807, 2.05) is 24.3 Å². The zero-order valence-electron chi connectivity index (χ0n) is 16.9. The van der Waals surface area contributed by atoms with Crippen LogP contribution in [0.1, 0.15) is 70.8 Å². The van der Waals surface area contributed by atoms with E-state index < -0.39 is 0 Å². The van der Waals surface area contributed by atoms with Crippen molar-refractivity contribution in [2.24, 2.45) is 11.8 Å². The molecule has 0 unspecified atom stereocenters. The van der Waals surface area contributed by atoms with E-state index in [1.165, 1.54) is 56.6 Å². The molecule has 0 bridgehead atoms. The number of hydrogen-bond acceptors (Lipinski definition) is 2.